The molecule has 1 aromatic carbocycles. The first-order valence-electron chi connectivity index (χ1n) is 10.6. The summed E-state index contributed by atoms with van der Waals surface area (Å²) < 4.78 is 11.1. The number of amides is 1. The molecule has 156 valence electrons. The van der Waals surface area contributed by atoms with E-state index in [-0.39, 0.29) is 17.9 Å². The Bertz CT molecular complexity index is 799. The highest BCUT2D eigenvalue weighted by molar-refractivity contribution is 5.79. The molecule has 2 aliphatic heterocycles. The number of rotatable bonds is 5. The molecule has 0 spiro atoms. The maximum atomic E-state index is 13.3. The molecule has 7 nitrogen and oxygen atoms in total. The molecule has 2 aliphatic rings. The molecule has 3 heterocycles. The lowest BCUT2D eigenvalue weighted by atomic mass is 9.94. The van der Waals surface area contributed by atoms with Crippen LogP contribution in [0.5, 0.6) is 0 Å². The minimum Gasteiger partial charge on any atom is -0.377 e. The molecule has 0 radical (unpaired) electrons. The monoisotopic (exact) mass is 398 g/mol. The maximum Gasteiger partial charge on any atom is 0.257 e. The van der Waals surface area contributed by atoms with Gasteiger partial charge in [-0.2, -0.15) is 4.98 Å². The molecular weight excluding hydrogens is 368 g/mol. The molecule has 1 unspecified atom stereocenters. The van der Waals surface area contributed by atoms with Crippen LogP contribution in [0.4, 0.5) is 0 Å². The van der Waals surface area contributed by atoms with E-state index in [2.05, 4.69) is 28.9 Å². The van der Waals surface area contributed by atoms with Crippen molar-refractivity contribution in [1.82, 2.24) is 19.9 Å². The van der Waals surface area contributed by atoms with Gasteiger partial charge in [0, 0.05) is 24.6 Å². The van der Waals surface area contributed by atoms with E-state index in [1.54, 1.807) is 0 Å². The Labute approximate surface area is 172 Å². The zero-order valence-corrected chi connectivity index (χ0v) is 17.3. The van der Waals surface area contributed by atoms with Crippen molar-refractivity contribution in [3.8, 4) is 11.5 Å². The van der Waals surface area contributed by atoms with Gasteiger partial charge in [0.05, 0.1) is 13.2 Å². The van der Waals surface area contributed by atoms with Crippen LogP contribution < -0.4 is 0 Å². The number of benzene rings is 1. The molecule has 1 aromatic heterocycles. The predicted molar refractivity (Wildman–Crippen MR) is 109 cm³/mol. The lowest BCUT2D eigenvalue weighted by Gasteiger charge is -2.39. The van der Waals surface area contributed by atoms with Gasteiger partial charge in [-0.1, -0.05) is 37.2 Å². The fourth-order valence-corrected chi connectivity index (χ4v) is 4.26. The van der Waals surface area contributed by atoms with E-state index in [1.165, 1.54) is 0 Å². The Morgan fingerprint density at radius 3 is 2.66 bits per heavy atom. The smallest absolute Gasteiger partial charge is 0.257 e. The summed E-state index contributed by atoms with van der Waals surface area (Å²) in [5, 5.41) is 4.17. The van der Waals surface area contributed by atoms with Gasteiger partial charge in [0.2, 0.25) is 5.91 Å². The maximum absolute atomic E-state index is 13.3. The number of piperidine rings is 1. The lowest BCUT2D eigenvalue weighted by Crippen LogP contribution is -2.48. The van der Waals surface area contributed by atoms with Crippen LogP contribution >= 0.6 is 0 Å². The zero-order valence-electron chi connectivity index (χ0n) is 17.3. The SMILES string of the molecule is CC(C)CN1CCC(C(=O)N2CCOCC2c2noc(-c3ccccc3)n2)CC1. The standard InChI is InChI=1S/C22H30N4O3/c1-16(2)14-25-10-8-18(9-11-25)22(27)26-12-13-28-15-19(26)20-23-21(29-24-20)17-6-4-3-5-7-17/h3-7,16,18-19H,8-15H2,1-2H3. The van der Waals surface area contributed by atoms with Gasteiger partial charge in [-0.25, -0.2) is 0 Å². The molecule has 1 atom stereocenters. The molecular formula is C22H30N4O3. The predicted octanol–water partition coefficient (Wildman–Crippen LogP) is 3.00. The third-order valence-electron chi connectivity index (χ3n) is 5.73. The first-order chi connectivity index (χ1) is 14.1. The number of morpholine rings is 1. The highest BCUT2D eigenvalue weighted by Crippen LogP contribution is 2.29. The number of aromatic nitrogens is 2. The normalized spacial score (nSPS) is 21.6. The summed E-state index contributed by atoms with van der Waals surface area (Å²) in [4.78, 5) is 22.3. The number of likely N-dealkylation sites (tertiary alicyclic amines) is 1. The Kier molecular flexibility index (Phi) is 6.25. The Hall–Kier alpha value is -2.25. The second kappa shape index (κ2) is 9.05. The molecule has 7 heteroatoms. The van der Waals surface area contributed by atoms with Gasteiger partial charge in [0.15, 0.2) is 5.82 Å². The van der Waals surface area contributed by atoms with E-state index < -0.39 is 0 Å². The van der Waals surface area contributed by atoms with Crippen LogP contribution in [0, 0.1) is 11.8 Å². The van der Waals surface area contributed by atoms with E-state index in [0.717, 1.165) is 38.0 Å². The lowest BCUT2D eigenvalue weighted by molar-refractivity contribution is -0.146. The highest BCUT2D eigenvalue weighted by atomic mass is 16.5. The van der Waals surface area contributed by atoms with Crippen LogP contribution in [-0.4, -0.2) is 65.2 Å². The second-order valence-electron chi connectivity index (χ2n) is 8.41. The van der Waals surface area contributed by atoms with Gasteiger partial charge in [-0.05, 0) is 44.0 Å². The first kappa shape index (κ1) is 20.0. The molecule has 29 heavy (non-hydrogen) atoms. The Balaban J connectivity index is 1.44. The fraction of sp³-hybridized carbons (Fsp3) is 0.591. The molecule has 2 aromatic rings. The molecule has 1 amide bonds. The number of nitrogens with zero attached hydrogens (tertiary/aromatic N) is 4. The topological polar surface area (TPSA) is 71.7 Å². The number of carbonyl (C=O) groups excluding carboxylic acids is 1. The second-order valence-corrected chi connectivity index (χ2v) is 8.41. The molecule has 2 fully saturated rings. The van der Waals surface area contributed by atoms with Crippen molar-refractivity contribution in [3.63, 3.8) is 0 Å². The van der Waals surface area contributed by atoms with Gasteiger partial charge in [-0.15, -0.1) is 0 Å². The van der Waals surface area contributed by atoms with E-state index in [4.69, 9.17) is 9.26 Å². The van der Waals surface area contributed by atoms with Crippen molar-refractivity contribution in [1.29, 1.82) is 0 Å². The van der Waals surface area contributed by atoms with Crippen molar-refractivity contribution in [2.24, 2.45) is 11.8 Å². The van der Waals surface area contributed by atoms with Crippen LogP contribution in [0.15, 0.2) is 34.9 Å². The molecule has 0 aliphatic carbocycles. The first-order valence-corrected chi connectivity index (χ1v) is 10.6. The summed E-state index contributed by atoms with van der Waals surface area (Å²) in [6.45, 7) is 9.10. The number of carbonyl (C=O) groups is 1. The average Bonchev–Trinajstić information content (AvgIpc) is 3.24. The van der Waals surface area contributed by atoms with Crippen molar-refractivity contribution < 1.29 is 14.1 Å². The van der Waals surface area contributed by atoms with E-state index in [1.807, 2.05) is 35.2 Å². The van der Waals surface area contributed by atoms with E-state index >= 15 is 0 Å². The third-order valence-corrected chi connectivity index (χ3v) is 5.73. The molecule has 2 saturated heterocycles. The van der Waals surface area contributed by atoms with Gasteiger partial charge in [0.1, 0.15) is 6.04 Å². The summed E-state index contributed by atoms with van der Waals surface area (Å²) in [7, 11) is 0. The van der Waals surface area contributed by atoms with Crippen molar-refractivity contribution >= 4 is 5.91 Å². The molecule has 4 rings (SSSR count). The van der Waals surface area contributed by atoms with E-state index in [9.17, 15) is 4.79 Å². The summed E-state index contributed by atoms with van der Waals surface area (Å²) in [5.74, 6) is 1.92. The van der Waals surface area contributed by atoms with Crippen molar-refractivity contribution in [3.05, 3.63) is 36.2 Å². The molecule has 0 N–H and O–H groups in total. The number of hydrogen-bond acceptors (Lipinski definition) is 6. The van der Waals surface area contributed by atoms with Crippen LogP contribution in [0.3, 0.4) is 0 Å². The van der Waals surface area contributed by atoms with Crippen molar-refractivity contribution in [2.45, 2.75) is 32.7 Å². The van der Waals surface area contributed by atoms with Crippen LogP contribution in [0.2, 0.25) is 0 Å². The fourth-order valence-electron chi connectivity index (χ4n) is 4.26. The van der Waals surface area contributed by atoms with Crippen molar-refractivity contribution in [2.75, 3.05) is 39.4 Å². The third kappa shape index (κ3) is 4.67. The molecule has 0 saturated carbocycles. The minimum atomic E-state index is -0.286. The zero-order chi connectivity index (χ0) is 20.2. The summed E-state index contributed by atoms with van der Waals surface area (Å²) in [6, 6.07) is 9.40. The van der Waals surface area contributed by atoms with E-state index in [0.29, 0.717) is 37.4 Å². The average molecular weight is 399 g/mol. The van der Waals surface area contributed by atoms with Gasteiger partial charge < -0.3 is 19.1 Å². The summed E-state index contributed by atoms with van der Waals surface area (Å²) in [6.07, 6.45) is 1.83. The van der Waals surface area contributed by atoms with Gasteiger partial charge >= 0.3 is 0 Å². The van der Waals surface area contributed by atoms with Crippen LogP contribution in [0.25, 0.3) is 11.5 Å². The summed E-state index contributed by atoms with van der Waals surface area (Å²) >= 11 is 0. The molecule has 0 bridgehead atoms. The van der Waals surface area contributed by atoms with Crippen LogP contribution in [-0.2, 0) is 9.53 Å². The van der Waals surface area contributed by atoms with Gasteiger partial charge in [0.25, 0.3) is 5.89 Å². The van der Waals surface area contributed by atoms with Crippen LogP contribution in [0.1, 0.15) is 38.6 Å². The highest BCUT2D eigenvalue weighted by Gasteiger charge is 2.36. The largest absolute Gasteiger partial charge is 0.377 e. The minimum absolute atomic E-state index is 0.0690. The number of ether oxygens (including phenoxy) is 1. The summed E-state index contributed by atoms with van der Waals surface area (Å²) in [5.41, 5.74) is 0.873. The Morgan fingerprint density at radius 1 is 1.17 bits per heavy atom. The Morgan fingerprint density at radius 2 is 1.93 bits per heavy atom. The quantitative estimate of drug-likeness (QED) is 0.771. The van der Waals surface area contributed by atoms with Gasteiger partial charge in [-0.3, -0.25) is 4.79 Å². The number of hydrogen-bond donors (Lipinski definition) is 0.